The molecule has 0 amide bonds. The van der Waals surface area contributed by atoms with Crippen molar-refractivity contribution in [1.82, 2.24) is 0 Å². The molecule has 0 saturated carbocycles. The van der Waals surface area contributed by atoms with Gasteiger partial charge in [-0.2, -0.15) is 12.6 Å². The van der Waals surface area contributed by atoms with Gasteiger partial charge in [-0.25, -0.2) is 9.59 Å². The Balaban J connectivity index is 0. The fourth-order valence-electron chi connectivity index (χ4n) is 0.221. The third-order valence-corrected chi connectivity index (χ3v) is 1.61. The second-order valence-corrected chi connectivity index (χ2v) is 2.80. The Bertz CT molecular complexity index is 244. The smallest absolute Gasteiger partial charge is 0.328 e. The molecule has 0 aliphatic carbocycles. The summed E-state index contributed by atoms with van der Waals surface area (Å²) in [6.45, 7) is 1.62. The molecule has 0 radical (unpaired) electrons. The van der Waals surface area contributed by atoms with Crippen molar-refractivity contribution in [2.24, 2.45) is 5.92 Å². The van der Waals surface area contributed by atoms with Crippen molar-refractivity contribution in [2.75, 3.05) is 5.75 Å². The molecule has 0 aliphatic rings. The zero-order valence-electron chi connectivity index (χ0n) is 7.95. The molecule has 15 heavy (non-hydrogen) atoms. The maximum Gasteiger partial charge on any atom is 0.328 e. The average molecular weight is 236 g/mol. The van der Waals surface area contributed by atoms with Crippen LogP contribution in [-0.4, -0.2) is 39.0 Å². The first-order chi connectivity index (χ1) is 6.81. The molecular weight excluding hydrogens is 224 g/mol. The Morgan fingerprint density at radius 1 is 1.13 bits per heavy atom. The molecule has 0 heterocycles. The van der Waals surface area contributed by atoms with Gasteiger partial charge in [0.2, 0.25) is 0 Å². The quantitative estimate of drug-likeness (QED) is 0.414. The number of carboxylic acids is 3. The lowest BCUT2D eigenvalue weighted by Gasteiger charge is -1.95. The number of aliphatic carboxylic acids is 3. The number of thiol groups is 1. The monoisotopic (exact) mass is 236 g/mol. The van der Waals surface area contributed by atoms with Crippen LogP contribution in [0, 0.1) is 5.92 Å². The average Bonchev–Trinajstić information content (AvgIpc) is 2.14. The van der Waals surface area contributed by atoms with Gasteiger partial charge in [-0.1, -0.05) is 6.92 Å². The summed E-state index contributed by atoms with van der Waals surface area (Å²) in [5.74, 6) is -3.20. The third-order valence-electron chi connectivity index (χ3n) is 1.06. The van der Waals surface area contributed by atoms with Gasteiger partial charge in [-0.15, -0.1) is 0 Å². The lowest BCUT2D eigenvalue weighted by Crippen LogP contribution is -2.09. The summed E-state index contributed by atoms with van der Waals surface area (Å²) in [4.78, 5) is 29.0. The van der Waals surface area contributed by atoms with Crippen LogP contribution in [0.2, 0.25) is 0 Å². The number of carboxylic acid groups (broad SMARTS) is 3. The standard InChI is InChI=1S/C4H4O4.C4H8O2S/c5-3(6)1-2-4(7)8;1-3(2-7)4(5)6/h1-2H,(H,5,6)(H,7,8);3,7H,2H2,1H3,(H,5,6)/b2-1-;. The Morgan fingerprint density at radius 3 is 1.53 bits per heavy atom. The molecule has 0 bridgehead atoms. The van der Waals surface area contributed by atoms with E-state index in [4.69, 9.17) is 15.3 Å². The van der Waals surface area contributed by atoms with Crippen molar-refractivity contribution in [3.63, 3.8) is 0 Å². The Kier molecular flexibility index (Phi) is 9.65. The molecule has 1 unspecified atom stereocenters. The fraction of sp³-hybridized carbons (Fsp3) is 0.375. The predicted molar refractivity (Wildman–Crippen MR) is 55.1 cm³/mol. The fourth-order valence-corrected chi connectivity index (χ4v) is 0.377. The van der Waals surface area contributed by atoms with Crippen LogP contribution in [0.5, 0.6) is 0 Å². The van der Waals surface area contributed by atoms with E-state index in [1.54, 1.807) is 6.92 Å². The molecule has 7 heteroatoms. The molecule has 0 aromatic heterocycles. The minimum atomic E-state index is -1.26. The van der Waals surface area contributed by atoms with Gasteiger partial charge < -0.3 is 15.3 Å². The van der Waals surface area contributed by atoms with Gasteiger partial charge in [0.05, 0.1) is 5.92 Å². The highest BCUT2D eigenvalue weighted by molar-refractivity contribution is 7.80. The van der Waals surface area contributed by atoms with Gasteiger partial charge in [-0.3, -0.25) is 4.79 Å². The van der Waals surface area contributed by atoms with Gasteiger partial charge in [0.15, 0.2) is 0 Å². The van der Waals surface area contributed by atoms with E-state index in [2.05, 4.69) is 12.6 Å². The van der Waals surface area contributed by atoms with E-state index in [0.717, 1.165) is 0 Å². The summed E-state index contributed by atoms with van der Waals surface area (Å²) in [7, 11) is 0. The largest absolute Gasteiger partial charge is 0.481 e. The minimum absolute atomic E-state index is 0.316. The highest BCUT2D eigenvalue weighted by Crippen LogP contribution is 1.94. The number of hydrogen-bond donors (Lipinski definition) is 4. The van der Waals surface area contributed by atoms with Gasteiger partial charge in [-0.05, 0) is 0 Å². The maximum absolute atomic E-state index is 9.88. The molecule has 0 aromatic carbocycles. The van der Waals surface area contributed by atoms with Crippen LogP contribution in [0.4, 0.5) is 0 Å². The van der Waals surface area contributed by atoms with E-state index in [-0.39, 0.29) is 5.92 Å². The summed E-state index contributed by atoms with van der Waals surface area (Å²) in [5.41, 5.74) is 0. The summed E-state index contributed by atoms with van der Waals surface area (Å²) in [6, 6.07) is 0. The van der Waals surface area contributed by atoms with Gasteiger partial charge >= 0.3 is 17.9 Å². The van der Waals surface area contributed by atoms with E-state index in [9.17, 15) is 14.4 Å². The number of carbonyl (C=O) groups is 3. The zero-order valence-corrected chi connectivity index (χ0v) is 8.85. The Morgan fingerprint density at radius 2 is 1.47 bits per heavy atom. The Hall–Kier alpha value is -1.50. The molecular formula is C8H12O6S. The topological polar surface area (TPSA) is 112 Å². The van der Waals surface area contributed by atoms with E-state index < -0.39 is 17.9 Å². The predicted octanol–water partition coefficient (Wildman–Crippen LogP) is 0.349. The van der Waals surface area contributed by atoms with Crippen molar-refractivity contribution in [3.8, 4) is 0 Å². The van der Waals surface area contributed by atoms with Crippen LogP contribution in [0.25, 0.3) is 0 Å². The van der Waals surface area contributed by atoms with Crippen molar-refractivity contribution in [3.05, 3.63) is 12.2 Å². The molecule has 86 valence electrons. The second kappa shape index (κ2) is 9.07. The zero-order chi connectivity index (χ0) is 12.4. The van der Waals surface area contributed by atoms with Crippen LogP contribution in [-0.2, 0) is 14.4 Å². The summed E-state index contributed by atoms with van der Waals surface area (Å²) >= 11 is 3.77. The number of hydrogen-bond acceptors (Lipinski definition) is 4. The molecule has 0 saturated heterocycles. The van der Waals surface area contributed by atoms with E-state index >= 15 is 0 Å². The normalized spacial score (nSPS) is 11.3. The van der Waals surface area contributed by atoms with Crippen LogP contribution >= 0.6 is 12.6 Å². The third kappa shape index (κ3) is 15.3. The van der Waals surface area contributed by atoms with E-state index in [1.165, 1.54) is 0 Å². The first kappa shape index (κ1) is 15.9. The molecule has 0 spiro atoms. The highest BCUT2D eigenvalue weighted by Gasteiger charge is 2.05. The number of rotatable bonds is 4. The first-order valence-electron chi connectivity index (χ1n) is 3.78. The molecule has 0 aliphatic heterocycles. The lowest BCUT2D eigenvalue weighted by atomic mass is 10.2. The van der Waals surface area contributed by atoms with Gasteiger partial charge in [0.25, 0.3) is 0 Å². The Labute approximate surface area is 91.6 Å². The van der Waals surface area contributed by atoms with Crippen LogP contribution in [0.1, 0.15) is 6.92 Å². The summed E-state index contributed by atoms with van der Waals surface area (Å²) in [5, 5.41) is 23.8. The molecule has 1 atom stereocenters. The van der Waals surface area contributed by atoms with E-state index in [1.807, 2.05) is 0 Å². The van der Waals surface area contributed by atoms with Gasteiger partial charge in [0.1, 0.15) is 0 Å². The van der Waals surface area contributed by atoms with Crippen LogP contribution < -0.4 is 0 Å². The first-order valence-corrected chi connectivity index (χ1v) is 4.42. The second-order valence-electron chi connectivity index (χ2n) is 2.43. The highest BCUT2D eigenvalue weighted by atomic mass is 32.1. The molecule has 6 nitrogen and oxygen atoms in total. The van der Waals surface area contributed by atoms with E-state index in [0.29, 0.717) is 17.9 Å². The molecule has 0 aromatic rings. The van der Waals surface area contributed by atoms with Crippen molar-refractivity contribution in [2.45, 2.75) is 6.92 Å². The summed E-state index contributed by atoms with van der Waals surface area (Å²) in [6.07, 6.45) is 1.12. The summed E-state index contributed by atoms with van der Waals surface area (Å²) < 4.78 is 0. The SMILES string of the molecule is CC(CS)C(=O)O.O=C(O)/C=C\C(=O)O. The van der Waals surface area contributed by atoms with Gasteiger partial charge in [0, 0.05) is 17.9 Å². The lowest BCUT2D eigenvalue weighted by molar-refractivity contribution is -0.140. The van der Waals surface area contributed by atoms with Crippen LogP contribution in [0.3, 0.4) is 0 Å². The van der Waals surface area contributed by atoms with Crippen molar-refractivity contribution < 1.29 is 29.7 Å². The van der Waals surface area contributed by atoms with Crippen LogP contribution in [0.15, 0.2) is 12.2 Å². The maximum atomic E-state index is 9.88. The van der Waals surface area contributed by atoms with Crippen molar-refractivity contribution in [1.29, 1.82) is 0 Å². The molecule has 0 fully saturated rings. The minimum Gasteiger partial charge on any atom is -0.481 e. The molecule has 0 rings (SSSR count). The van der Waals surface area contributed by atoms with Crippen molar-refractivity contribution >= 4 is 30.5 Å². The molecule has 3 N–H and O–H groups in total.